The smallest absolute Gasteiger partial charge is 0.191 e. The largest absolute Gasteiger partial charge is 0.417 e. The van der Waals surface area contributed by atoms with Gasteiger partial charge in [-0.05, 0) is 31.5 Å². The van der Waals surface area contributed by atoms with Gasteiger partial charge < -0.3 is 9.16 Å². The van der Waals surface area contributed by atoms with E-state index in [1.54, 1.807) is 6.92 Å². The van der Waals surface area contributed by atoms with Crippen LogP contribution in [-0.2, 0) is 14.0 Å². The van der Waals surface area contributed by atoms with Gasteiger partial charge in [0.2, 0.25) is 0 Å². The first kappa shape index (κ1) is 13.9. The molecule has 0 aromatic rings. The Hall–Kier alpha value is -0.193. The van der Waals surface area contributed by atoms with Crippen LogP contribution in [0.3, 0.4) is 0 Å². The standard InChI is InChI=1S/C12H24O3Si/c1-9(13)11-10(15-11)7-8-14-16(5,6)12(2,3)4/h10-11H,7-8H2,1-6H3/t10-,11-/m1/s1. The van der Waals surface area contributed by atoms with Crippen LogP contribution in [0.15, 0.2) is 0 Å². The fourth-order valence-corrected chi connectivity index (χ4v) is 2.43. The summed E-state index contributed by atoms with van der Waals surface area (Å²) in [6.45, 7) is 13.5. The summed E-state index contributed by atoms with van der Waals surface area (Å²) in [7, 11) is -1.63. The molecule has 0 radical (unpaired) electrons. The molecule has 0 unspecified atom stereocenters. The van der Waals surface area contributed by atoms with E-state index in [2.05, 4.69) is 33.9 Å². The Balaban J connectivity index is 2.24. The number of Topliss-reactive ketones (excluding diaryl/α,β-unsaturated/α-hetero) is 1. The molecule has 0 aromatic carbocycles. The monoisotopic (exact) mass is 244 g/mol. The van der Waals surface area contributed by atoms with Crippen molar-refractivity contribution >= 4 is 14.1 Å². The van der Waals surface area contributed by atoms with Gasteiger partial charge in [-0.25, -0.2) is 0 Å². The Labute approximate surface area is 99.6 Å². The van der Waals surface area contributed by atoms with Crippen LogP contribution in [0.5, 0.6) is 0 Å². The molecule has 4 heteroatoms. The molecule has 0 saturated carbocycles. The van der Waals surface area contributed by atoms with Gasteiger partial charge in [0.05, 0.1) is 6.10 Å². The molecule has 0 aromatic heterocycles. The second-order valence-corrected chi connectivity index (χ2v) is 10.9. The van der Waals surface area contributed by atoms with Crippen molar-refractivity contribution in [2.24, 2.45) is 0 Å². The highest BCUT2D eigenvalue weighted by Crippen LogP contribution is 2.37. The summed E-state index contributed by atoms with van der Waals surface area (Å²) in [5, 5.41) is 0.247. The number of hydrogen-bond acceptors (Lipinski definition) is 3. The normalized spacial score (nSPS) is 25.6. The second-order valence-electron chi connectivity index (χ2n) is 6.10. The molecule has 94 valence electrons. The molecule has 0 N–H and O–H groups in total. The van der Waals surface area contributed by atoms with Crippen molar-refractivity contribution in [3.05, 3.63) is 0 Å². The van der Waals surface area contributed by atoms with Crippen molar-refractivity contribution in [3.8, 4) is 0 Å². The van der Waals surface area contributed by atoms with Crippen molar-refractivity contribution in [2.45, 2.75) is 64.5 Å². The lowest BCUT2D eigenvalue weighted by molar-refractivity contribution is -0.118. The fourth-order valence-electron chi connectivity index (χ4n) is 1.37. The predicted molar refractivity (Wildman–Crippen MR) is 67.1 cm³/mol. The van der Waals surface area contributed by atoms with Crippen LogP contribution in [0, 0.1) is 0 Å². The Kier molecular flexibility index (Phi) is 3.98. The molecule has 0 bridgehead atoms. The summed E-state index contributed by atoms with van der Waals surface area (Å²) >= 11 is 0. The van der Waals surface area contributed by atoms with Crippen molar-refractivity contribution in [3.63, 3.8) is 0 Å². The third-order valence-corrected chi connectivity index (χ3v) is 8.19. The molecule has 0 aliphatic carbocycles. The minimum absolute atomic E-state index is 0.113. The van der Waals surface area contributed by atoms with E-state index in [1.807, 2.05) is 0 Å². The van der Waals surface area contributed by atoms with Crippen molar-refractivity contribution in [1.29, 1.82) is 0 Å². The second kappa shape index (κ2) is 4.59. The van der Waals surface area contributed by atoms with Crippen LogP contribution in [0.1, 0.15) is 34.1 Å². The quantitative estimate of drug-likeness (QED) is 0.551. The van der Waals surface area contributed by atoms with Crippen LogP contribution >= 0.6 is 0 Å². The first-order chi connectivity index (χ1) is 7.15. The Morgan fingerprint density at radius 3 is 2.31 bits per heavy atom. The molecular weight excluding hydrogens is 220 g/mol. The van der Waals surface area contributed by atoms with Gasteiger partial charge in [-0.1, -0.05) is 20.8 Å². The predicted octanol–water partition coefficient (Wildman–Crippen LogP) is 2.75. The Morgan fingerprint density at radius 2 is 1.94 bits per heavy atom. The molecule has 1 aliphatic rings. The van der Waals surface area contributed by atoms with Crippen LogP contribution in [0.2, 0.25) is 18.1 Å². The van der Waals surface area contributed by atoms with Gasteiger partial charge in [-0.2, -0.15) is 0 Å². The summed E-state index contributed by atoms with van der Waals surface area (Å²) < 4.78 is 11.3. The molecular formula is C12H24O3Si. The molecule has 3 nitrogen and oxygen atoms in total. The number of rotatable bonds is 5. The van der Waals surface area contributed by atoms with E-state index in [4.69, 9.17) is 9.16 Å². The zero-order valence-electron chi connectivity index (χ0n) is 11.3. The van der Waals surface area contributed by atoms with Gasteiger partial charge in [0.1, 0.15) is 6.10 Å². The lowest BCUT2D eigenvalue weighted by atomic mass is 10.2. The van der Waals surface area contributed by atoms with Gasteiger partial charge in [-0.3, -0.25) is 4.79 Å². The molecule has 0 amide bonds. The zero-order chi connectivity index (χ0) is 12.6. The lowest BCUT2D eigenvalue weighted by Gasteiger charge is -2.36. The average molecular weight is 244 g/mol. The van der Waals surface area contributed by atoms with Crippen LogP contribution in [0.25, 0.3) is 0 Å². The first-order valence-corrected chi connectivity index (χ1v) is 8.86. The molecule has 1 rings (SSSR count). The maximum absolute atomic E-state index is 11.0. The minimum atomic E-state index is -1.63. The number of carbonyl (C=O) groups excluding carboxylic acids is 1. The number of carbonyl (C=O) groups is 1. The van der Waals surface area contributed by atoms with Gasteiger partial charge in [-0.15, -0.1) is 0 Å². The summed E-state index contributed by atoms with van der Waals surface area (Å²) in [6, 6.07) is 0. The Bertz CT molecular complexity index is 268. The van der Waals surface area contributed by atoms with Crippen LogP contribution in [0.4, 0.5) is 0 Å². The number of hydrogen-bond donors (Lipinski definition) is 0. The number of ketones is 1. The molecule has 0 spiro atoms. The van der Waals surface area contributed by atoms with Crippen LogP contribution in [-0.4, -0.2) is 32.9 Å². The summed E-state index contributed by atoms with van der Waals surface area (Å²) in [4.78, 5) is 11.0. The number of epoxide rings is 1. The van der Waals surface area contributed by atoms with E-state index in [1.165, 1.54) is 0 Å². The maximum Gasteiger partial charge on any atom is 0.191 e. The summed E-state index contributed by atoms with van der Waals surface area (Å²) in [5.41, 5.74) is 0. The van der Waals surface area contributed by atoms with E-state index in [-0.39, 0.29) is 23.0 Å². The van der Waals surface area contributed by atoms with E-state index in [9.17, 15) is 4.79 Å². The lowest BCUT2D eigenvalue weighted by Crippen LogP contribution is -2.41. The zero-order valence-corrected chi connectivity index (χ0v) is 12.3. The highest BCUT2D eigenvalue weighted by Gasteiger charge is 2.43. The number of ether oxygens (including phenoxy) is 1. The van der Waals surface area contributed by atoms with Gasteiger partial charge in [0, 0.05) is 6.61 Å². The highest BCUT2D eigenvalue weighted by molar-refractivity contribution is 6.74. The first-order valence-electron chi connectivity index (χ1n) is 5.95. The van der Waals surface area contributed by atoms with E-state index in [0.717, 1.165) is 6.42 Å². The third-order valence-electron chi connectivity index (χ3n) is 3.65. The maximum atomic E-state index is 11.0. The van der Waals surface area contributed by atoms with Gasteiger partial charge >= 0.3 is 0 Å². The van der Waals surface area contributed by atoms with Crippen molar-refractivity contribution < 1.29 is 14.0 Å². The molecule has 16 heavy (non-hydrogen) atoms. The van der Waals surface area contributed by atoms with E-state index < -0.39 is 8.32 Å². The molecule has 1 aliphatic heterocycles. The van der Waals surface area contributed by atoms with E-state index >= 15 is 0 Å². The minimum Gasteiger partial charge on any atom is -0.417 e. The molecule has 1 saturated heterocycles. The molecule has 2 atom stereocenters. The van der Waals surface area contributed by atoms with E-state index in [0.29, 0.717) is 6.61 Å². The van der Waals surface area contributed by atoms with Gasteiger partial charge in [0.15, 0.2) is 14.1 Å². The fraction of sp³-hybridized carbons (Fsp3) is 0.917. The van der Waals surface area contributed by atoms with Crippen molar-refractivity contribution in [1.82, 2.24) is 0 Å². The average Bonchev–Trinajstić information content (AvgIpc) is 2.81. The highest BCUT2D eigenvalue weighted by atomic mass is 28.4. The van der Waals surface area contributed by atoms with Crippen LogP contribution < -0.4 is 0 Å². The van der Waals surface area contributed by atoms with Crippen molar-refractivity contribution in [2.75, 3.05) is 6.61 Å². The summed E-state index contributed by atoms with van der Waals surface area (Å²) in [5.74, 6) is 0.136. The third kappa shape index (κ3) is 3.40. The van der Waals surface area contributed by atoms with Gasteiger partial charge in [0.25, 0.3) is 0 Å². The summed E-state index contributed by atoms with van der Waals surface area (Å²) in [6.07, 6.45) is 0.807. The topological polar surface area (TPSA) is 38.8 Å². The molecule has 1 heterocycles. The molecule has 1 fully saturated rings. The SMILES string of the molecule is CC(=O)[C@H]1O[C@@H]1CCO[Si](C)(C)C(C)(C)C. The Morgan fingerprint density at radius 1 is 1.38 bits per heavy atom.